The molecule has 0 aliphatic heterocycles. The molecule has 0 saturated carbocycles. The first-order valence-corrected chi connectivity index (χ1v) is 45.4. The van der Waals surface area contributed by atoms with Gasteiger partial charge in [0, 0.05) is 326 Å². The zero-order chi connectivity index (χ0) is 95.9. The van der Waals surface area contributed by atoms with Gasteiger partial charge in [-0.1, -0.05) is 295 Å². The van der Waals surface area contributed by atoms with Crippen molar-refractivity contribution in [1.29, 1.82) is 0 Å². The third kappa shape index (κ3) is 117. The van der Waals surface area contributed by atoms with Gasteiger partial charge in [-0.2, -0.15) is 0 Å². The summed E-state index contributed by atoms with van der Waals surface area (Å²) in [6.45, 7) is 7.83. The lowest BCUT2D eigenvalue weighted by Gasteiger charge is -2.18. The molecular weight excluding hydrogens is 1640 g/mol. The smallest absolute Gasteiger partial charge is 0.307 e. The van der Waals surface area contributed by atoms with Crippen LogP contribution in [0.2, 0.25) is 0 Å². The van der Waals surface area contributed by atoms with Gasteiger partial charge in [-0.05, 0) is 154 Å². The van der Waals surface area contributed by atoms with Crippen LogP contribution >= 0.6 is 0 Å². The first-order valence-electron chi connectivity index (χ1n) is 45.4. The first-order chi connectivity index (χ1) is 65.2. The zero-order valence-corrected chi connectivity index (χ0v) is 77.6. The number of hydrogen-bond acceptors (Lipinski definition) is 13. The van der Waals surface area contributed by atoms with Gasteiger partial charge in [0.2, 0.25) is 0 Å². The molecule has 0 aromatic heterocycles. The van der Waals surface area contributed by atoms with Crippen LogP contribution in [0.5, 0.6) is 0 Å². The molecule has 0 bridgehead atoms. The maximum atomic E-state index is 13.0. The van der Waals surface area contributed by atoms with Gasteiger partial charge < -0.3 is 19.3 Å². The summed E-state index contributed by atoms with van der Waals surface area (Å²) < 4.78 is 17.0. The quantitative estimate of drug-likeness (QED) is 0.00990. The first kappa shape index (κ1) is 121. The monoisotopic (exact) mass is 1870 g/mol. The number of aliphatic carboxylic acids is 1. The number of allylic oxidation sites excluding steroid dienone is 1. The number of unbranched alkanes of at least 4 members (excludes halogenated alkanes) is 42. The molecule has 0 atom stereocenters. The summed E-state index contributed by atoms with van der Waals surface area (Å²) >= 11 is 0. The van der Waals surface area contributed by atoms with E-state index in [1.807, 2.05) is 0 Å². The van der Waals surface area contributed by atoms with Crippen LogP contribution in [-0.2, 0) is 53.5 Å². The summed E-state index contributed by atoms with van der Waals surface area (Å²) in [7, 11) is 0. The molecular formula is C118H226O14. The van der Waals surface area contributed by atoms with Crippen molar-refractivity contribution in [3.8, 4) is 332 Å². The van der Waals surface area contributed by atoms with Crippen LogP contribution in [0.4, 0.5) is 0 Å². The van der Waals surface area contributed by atoms with Crippen molar-refractivity contribution in [2.45, 2.75) is 348 Å². The molecule has 0 saturated heterocycles. The Labute approximate surface area is 872 Å². The predicted octanol–water partition coefficient (Wildman–Crippen LogP) is 32.7. The summed E-state index contributed by atoms with van der Waals surface area (Å²) in [5, 5.41) is 34.0. The highest BCUT2D eigenvalue weighted by Gasteiger charge is 2.20. The van der Waals surface area contributed by atoms with E-state index in [1.54, 1.807) is 26.0 Å². The molecule has 3 N–H and O–H groups in total. The van der Waals surface area contributed by atoms with Gasteiger partial charge in [-0.25, -0.2) is 10.5 Å². The Balaban J connectivity index is -0.0000000442. The Kier molecular flexibility index (Phi) is 105. The van der Waals surface area contributed by atoms with Gasteiger partial charge in [0.15, 0.2) is 6.10 Å². The van der Waals surface area contributed by atoms with Crippen LogP contribution in [0.1, 0.15) is 418 Å². The van der Waals surface area contributed by atoms with Gasteiger partial charge in [0.1, 0.15) is 13.2 Å². The number of rotatable bonds is 58. The molecule has 0 heterocycles. The van der Waals surface area contributed by atoms with Crippen LogP contribution in [0.25, 0.3) is 0 Å². The van der Waals surface area contributed by atoms with E-state index in [0.29, 0.717) is 19.3 Å². The van der Waals surface area contributed by atoms with E-state index in [1.165, 1.54) is 212 Å². The van der Waals surface area contributed by atoms with E-state index in [-0.39, 0.29) is 113 Å². The topological polar surface area (TPSA) is 194 Å². The highest BCUT2D eigenvalue weighted by atomic mass is 17.8. The fourth-order valence-electron chi connectivity index (χ4n) is 10.8. The summed E-state index contributed by atoms with van der Waals surface area (Å²) in [5.74, 6) is 141. The van der Waals surface area contributed by atoms with Crippen LogP contribution in [0.3, 0.4) is 0 Å². The lowest BCUT2D eigenvalue weighted by molar-refractivity contribution is -0.749. The third-order valence-electron chi connectivity index (χ3n) is 17.2. The maximum absolute atomic E-state index is 13.0. The van der Waals surface area contributed by atoms with Gasteiger partial charge in [0.05, 0.1) is 6.42 Å². The molecule has 782 valence electrons. The number of carbonyl (C=O) groups excluding carboxylic acids is 3. The van der Waals surface area contributed by atoms with E-state index in [2.05, 4.69) is 366 Å². The SMILES string of the molecule is C/C=C\CC(=O)O.CC#CC#CC#CC#CC#CC#CC#CC#CC#CC#CC#CC#CC#CC#CC#CC#CC#CC#CC#CC#CC#CC#CC#CC#CC#CC#CC#CC#CCCCCCCCCCCCCCCCCC(=O)OC(COC(=O)CCCCCCCCCCCCCCCCC)COC(=O)CCCCCCCCCCCCCCCCC.OOOOOO.[HH].[HH].[HH].[HH].[HH].[HH].[HH].[HH].[HH].[HH].[HH].[HH].[HH].[HH].[HH].[HH].[HH].[HH].[HH].[HH].[HH].[HH].[HH].[HH].[HH].[HH].[HH].[HH].[HH].[HH].[HH].[HH].[HH].[HH].[HH].[HH].[HH].[HH].[HH].[HH].[HH].[HH].[HH].[HH].[HH].[HH].[HH].[HH].[HH].[HH].[HH].[HH].[HH]. The van der Waals surface area contributed by atoms with Crippen molar-refractivity contribution >= 4 is 23.9 Å². The number of hydrogen-bond donors (Lipinski definition) is 3. The molecule has 0 aliphatic rings. The number of carbonyl (C=O) groups is 4. The van der Waals surface area contributed by atoms with Crippen LogP contribution in [0.15, 0.2) is 12.2 Å². The lowest BCUT2D eigenvalue weighted by Crippen LogP contribution is -2.30. The average molecular weight is 1870 g/mol. The summed E-state index contributed by atoms with van der Waals surface area (Å²) in [5.41, 5.74) is 0. The van der Waals surface area contributed by atoms with Crippen molar-refractivity contribution in [3.63, 3.8) is 0 Å². The molecule has 14 heteroatoms. The Morgan fingerprint density at radius 3 is 0.621 bits per heavy atom. The summed E-state index contributed by atoms with van der Waals surface area (Å²) in [4.78, 5) is 48.2. The van der Waals surface area contributed by atoms with Gasteiger partial charge >= 0.3 is 23.9 Å². The minimum absolute atomic E-state index is 0. The average Bonchev–Trinajstić information content (AvgIpc) is 0.938. The molecule has 0 unspecified atom stereocenters. The minimum atomic E-state index is -0.803. The maximum Gasteiger partial charge on any atom is 0.307 e. The number of ether oxygens (including phenoxy) is 3. The van der Waals surface area contributed by atoms with Crippen molar-refractivity contribution in [2.75, 3.05) is 13.2 Å². The molecule has 0 amide bonds. The fourth-order valence-corrected chi connectivity index (χ4v) is 10.8. The summed E-state index contributed by atoms with van der Waals surface area (Å²) in [6.07, 6.45) is 58.5. The van der Waals surface area contributed by atoms with Crippen LogP contribution in [0, 0.1) is 332 Å². The highest BCUT2D eigenvalue weighted by molar-refractivity contribution is 5.71. The van der Waals surface area contributed by atoms with E-state index >= 15 is 0 Å². The van der Waals surface area contributed by atoms with Crippen molar-refractivity contribution < 1.29 is 145 Å². The van der Waals surface area contributed by atoms with Crippen LogP contribution in [-0.4, -0.2) is 58.8 Å². The number of carboxylic acids is 1. The Morgan fingerprint density at radius 2 is 0.439 bits per heavy atom. The third-order valence-corrected chi connectivity index (χ3v) is 17.2. The molecule has 0 aromatic rings. The largest absolute Gasteiger partial charge is 0.481 e. The minimum Gasteiger partial charge on any atom is -0.481 e. The van der Waals surface area contributed by atoms with E-state index in [9.17, 15) is 19.2 Å². The fraction of sp³-hybridized carbons (Fsp3) is 0.475. The molecule has 0 rings (SSSR count). The lowest BCUT2D eigenvalue weighted by atomic mass is 10.0. The van der Waals surface area contributed by atoms with E-state index in [0.717, 1.165) is 77.0 Å². The Hall–Kier alpha value is -14.9. The molecule has 132 heavy (non-hydrogen) atoms. The van der Waals surface area contributed by atoms with Crippen molar-refractivity contribution in [2.24, 2.45) is 0 Å². The molecule has 0 fully saturated rings. The Morgan fingerprint density at radius 1 is 0.258 bits per heavy atom. The van der Waals surface area contributed by atoms with Gasteiger partial charge in [-0.3, -0.25) is 19.2 Å². The highest BCUT2D eigenvalue weighted by Crippen LogP contribution is 2.18. The number of carboxylic acid groups (broad SMARTS) is 1. The number of esters is 3. The second-order valence-corrected chi connectivity index (χ2v) is 28.0. The molecule has 0 radical (unpaired) electrons. The van der Waals surface area contributed by atoms with E-state index < -0.39 is 12.1 Å². The van der Waals surface area contributed by atoms with Gasteiger partial charge in [-0.15, -0.1) is 0 Å². The normalized spacial score (nSPS) is 8.08. The molecule has 0 spiro atoms. The second-order valence-electron chi connectivity index (χ2n) is 28.0. The zero-order valence-electron chi connectivity index (χ0n) is 77.6. The van der Waals surface area contributed by atoms with Gasteiger partial charge in [0.25, 0.3) is 0 Å². The molecule has 0 aromatic carbocycles. The van der Waals surface area contributed by atoms with E-state index in [4.69, 9.17) is 29.8 Å². The summed E-state index contributed by atoms with van der Waals surface area (Å²) in [6, 6.07) is 0. The van der Waals surface area contributed by atoms with Crippen LogP contribution < -0.4 is 0 Å². The Bertz CT molecular complexity index is 5510. The predicted molar refractivity (Wildman–Crippen MR) is 637 cm³/mol. The van der Waals surface area contributed by atoms with Crippen molar-refractivity contribution in [1.82, 2.24) is 0 Å². The standard InChI is InChI=1S/C113H110O6.C5H8O2.H2O6.53H2/c1-4-7-10-13-16-19-22-25-28-29-30-31-32-33-34-35-36-37-38-39-40-41-42-43-44-45-46-47-48-49-50-51-52-53-54-55-56-57-58-59-60-61-62-63-64-65-66-67-68-69-70-71-72-73-74-75-76-77-78-79-80-81-82-83-86-89-92-95-98-101-104-107-113(116)119-110(108-117-111(114)105-102-99-96-93-90-87-84-26-23-20-17-14-11-8-5-2)109-118-112(115)106-103-100-97-94-91-88-85-27-24-21-18-15-12-9-6-3;1-2-3-4-5(6)7;1-3-5-6-4-2;;;;;;;;;;;;;;;;;;;;;;;;;;;;;;;;;;;;;;;;;;;;;;;;;;;;;/h110H,5-6,8-9,11-12,14-15,17-18,20-21,23-24,26-27,76-109H2,1-3H3;2-3H,4H2,1H3,(H,6,7);1-2H;53*1H/b;3-2-;;;;;;;;;;;;;;;;;;;;;;;;;;;;;;;;;;;;;;;;;;;;;;;;;;;;;;. The molecule has 14 nitrogen and oxygen atoms in total. The second kappa shape index (κ2) is 114. The molecule has 0 aliphatic carbocycles. The van der Waals surface area contributed by atoms with Crippen molar-refractivity contribution in [3.05, 3.63) is 12.2 Å².